The molecule has 0 rings (SSSR count). The van der Waals surface area contributed by atoms with Crippen LogP contribution in [0.3, 0.4) is 0 Å². The van der Waals surface area contributed by atoms with E-state index in [-0.39, 0.29) is 0 Å². The normalized spacial score (nSPS) is 9.40. The summed E-state index contributed by atoms with van der Waals surface area (Å²) in [4.78, 5) is 0. The highest BCUT2D eigenvalue weighted by molar-refractivity contribution is 9.11. The van der Waals surface area contributed by atoms with Gasteiger partial charge < -0.3 is 10.2 Å². The summed E-state index contributed by atoms with van der Waals surface area (Å²) >= 11 is 3.05. The van der Waals surface area contributed by atoms with Crippen LogP contribution in [0.5, 0.6) is 0 Å². The lowest BCUT2D eigenvalue weighted by Crippen LogP contribution is -1.83. The summed E-state index contributed by atoms with van der Waals surface area (Å²) in [7, 11) is 0. The number of aliphatic hydroxyl groups is 2. The van der Waals surface area contributed by atoms with Crippen molar-refractivity contribution in [2.75, 3.05) is 0 Å². The van der Waals surface area contributed by atoms with E-state index in [4.69, 9.17) is 10.2 Å². The Hall–Kier alpha value is -0.180. The lowest BCUT2D eigenvalue weighted by Gasteiger charge is -1.97. The maximum absolute atomic E-state index is 8.51. The summed E-state index contributed by atoms with van der Waals surface area (Å²) in [5.74, 6) is -0.587. The predicted molar refractivity (Wildman–Crippen MR) is 45.4 cm³/mol. The van der Waals surface area contributed by atoms with Crippen molar-refractivity contribution in [2.24, 2.45) is 0 Å². The maximum Gasteiger partial charge on any atom is 0.284 e. The van der Waals surface area contributed by atoms with Gasteiger partial charge >= 0.3 is 0 Å². The highest BCUT2D eigenvalue weighted by atomic mass is 79.9. The monoisotopic (exact) mass is 208 g/mol. The van der Waals surface area contributed by atoms with Crippen molar-refractivity contribution in [1.82, 2.24) is 0 Å². The molecule has 0 amide bonds. The van der Waals surface area contributed by atoms with Gasteiger partial charge in [-0.15, -0.1) is 0 Å². The zero-order valence-corrected chi connectivity index (χ0v) is 7.69. The van der Waals surface area contributed by atoms with Crippen molar-refractivity contribution in [3.05, 3.63) is 10.4 Å². The molecule has 0 fully saturated rings. The Morgan fingerprint density at radius 2 is 1.90 bits per heavy atom. The number of hydrogen-bond acceptors (Lipinski definition) is 2. The molecular weight excluding hydrogens is 196 g/mol. The molecule has 0 saturated heterocycles. The second-order valence-electron chi connectivity index (χ2n) is 2.19. The predicted octanol–water partition coefficient (Wildman–Crippen LogP) is 3.25. The Morgan fingerprint density at radius 3 is 2.30 bits per heavy atom. The number of hydrogen-bond donors (Lipinski definition) is 2. The SMILES string of the molecule is CCCCCC(Br)=C(O)O. The molecular formula is C7H13BrO2. The van der Waals surface area contributed by atoms with E-state index in [1.54, 1.807) is 0 Å². The minimum Gasteiger partial charge on any atom is -0.481 e. The fourth-order valence-corrected chi connectivity index (χ4v) is 0.922. The van der Waals surface area contributed by atoms with E-state index >= 15 is 0 Å². The van der Waals surface area contributed by atoms with Crippen LogP contribution < -0.4 is 0 Å². The van der Waals surface area contributed by atoms with Gasteiger partial charge in [0.2, 0.25) is 0 Å². The summed E-state index contributed by atoms with van der Waals surface area (Å²) < 4.78 is 0.501. The van der Waals surface area contributed by atoms with Crippen LogP contribution in [0.15, 0.2) is 10.4 Å². The van der Waals surface area contributed by atoms with E-state index in [1.807, 2.05) is 0 Å². The van der Waals surface area contributed by atoms with Crippen molar-refractivity contribution in [3.8, 4) is 0 Å². The first kappa shape index (κ1) is 9.82. The fraction of sp³-hybridized carbons (Fsp3) is 0.714. The van der Waals surface area contributed by atoms with E-state index in [0.29, 0.717) is 4.48 Å². The van der Waals surface area contributed by atoms with Crippen molar-refractivity contribution in [1.29, 1.82) is 0 Å². The summed E-state index contributed by atoms with van der Waals surface area (Å²) in [6, 6.07) is 0. The van der Waals surface area contributed by atoms with Gasteiger partial charge in [-0.2, -0.15) is 0 Å². The Labute approximate surface area is 69.7 Å². The molecule has 0 aromatic heterocycles. The zero-order chi connectivity index (χ0) is 7.98. The number of rotatable bonds is 4. The van der Waals surface area contributed by atoms with Crippen LogP contribution in [0.25, 0.3) is 0 Å². The zero-order valence-electron chi connectivity index (χ0n) is 6.10. The number of halogens is 1. The van der Waals surface area contributed by atoms with E-state index in [0.717, 1.165) is 25.7 Å². The van der Waals surface area contributed by atoms with Crippen LogP contribution >= 0.6 is 15.9 Å². The molecule has 60 valence electrons. The molecule has 0 aliphatic carbocycles. The summed E-state index contributed by atoms with van der Waals surface area (Å²) in [6.07, 6.45) is 3.99. The first-order valence-corrected chi connectivity index (χ1v) is 4.24. The van der Waals surface area contributed by atoms with Crippen LogP contribution in [0.2, 0.25) is 0 Å². The maximum atomic E-state index is 8.51. The Balaban J connectivity index is 3.40. The molecule has 0 saturated carbocycles. The molecule has 0 heterocycles. The quantitative estimate of drug-likeness (QED) is 0.551. The Bertz CT molecular complexity index is 117. The smallest absolute Gasteiger partial charge is 0.284 e. The molecule has 10 heavy (non-hydrogen) atoms. The molecule has 0 aliphatic heterocycles. The number of unbranched alkanes of at least 4 members (excludes halogenated alkanes) is 2. The fourth-order valence-electron chi connectivity index (χ4n) is 0.642. The van der Waals surface area contributed by atoms with Crippen LogP contribution in [0.4, 0.5) is 0 Å². The minimum atomic E-state index is -0.587. The van der Waals surface area contributed by atoms with E-state index < -0.39 is 5.95 Å². The summed E-state index contributed by atoms with van der Waals surface area (Å²) in [5.41, 5.74) is 0. The molecule has 0 spiro atoms. The lowest BCUT2D eigenvalue weighted by molar-refractivity contribution is 0.187. The average molecular weight is 209 g/mol. The van der Waals surface area contributed by atoms with Gasteiger partial charge in [0.05, 0.1) is 4.48 Å². The molecule has 2 nitrogen and oxygen atoms in total. The van der Waals surface area contributed by atoms with Crippen LogP contribution in [-0.2, 0) is 0 Å². The molecule has 0 aromatic rings. The second kappa shape index (κ2) is 5.59. The summed E-state index contributed by atoms with van der Waals surface area (Å²) in [5, 5.41) is 17.0. The third-order valence-electron chi connectivity index (χ3n) is 1.24. The molecule has 0 aliphatic rings. The first-order valence-electron chi connectivity index (χ1n) is 3.45. The van der Waals surface area contributed by atoms with E-state index in [9.17, 15) is 0 Å². The molecule has 3 heteroatoms. The van der Waals surface area contributed by atoms with Crippen LogP contribution in [-0.4, -0.2) is 10.2 Å². The van der Waals surface area contributed by atoms with Crippen LogP contribution in [0, 0.1) is 0 Å². The molecule has 0 bridgehead atoms. The van der Waals surface area contributed by atoms with Gasteiger partial charge in [-0.05, 0) is 28.8 Å². The van der Waals surface area contributed by atoms with Crippen LogP contribution in [0.1, 0.15) is 32.6 Å². The Kier molecular flexibility index (Phi) is 5.49. The molecule has 0 atom stereocenters. The Morgan fingerprint density at radius 1 is 1.30 bits per heavy atom. The van der Waals surface area contributed by atoms with Gasteiger partial charge in [0.1, 0.15) is 0 Å². The number of allylic oxidation sites excluding steroid dienone is 1. The molecule has 0 radical (unpaired) electrons. The minimum absolute atomic E-state index is 0.501. The second-order valence-corrected chi connectivity index (χ2v) is 3.14. The van der Waals surface area contributed by atoms with Gasteiger partial charge in [0.15, 0.2) is 0 Å². The molecule has 0 unspecified atom stereocenters. The van der Waals surface area contributed by atoms with Crippen molar-refractivity contribution >= 4 is 15.9 Å². The van der Waals surface area contributed by atoms with Crippen molar-refractivity contribution in [3.63, 3.8) is 0 Å². The third kappa shape index (κ3) is 4.68. The van der Waals surface area contributed by atoms with Gasteiger partial charge in [-0.3, -0.25) is 0 Å². The summed E-state index contributed by atoms with van der Waals surface area (Å²) in [6.45, 7) is 2.11. The van der Waals surface area contributed by atoms with Gasteiger partial charge in [0.25, 0.3) is 5.95 Å². The number of aliphatic hydroxyl groups excluding tert-OH is 1. The van der Waals surface area contributed by atoms with Crippen molar-refractivity contribution < 1.29 is 10.2 Å². The lowest BCUT2D eigenvalue weighted by atomic mass is 10.2. The highest BCUT2D eigenvalue weighted by Gasteiger charge is 1.98. The van der Waals surface area contributed by atoms with Gasteiger partial charge in [-0.1, -0.05) is 19.8 Å². The topological polar surface area (TPSA) is 40.5 Å². The van der Waals surface area contributed by atoms with Gasteiger partial charge in [0, 0.05) is 0 Å². The van der Waals surface area contributed by atoms with E-state index in [2.05, 4.69) is 22.9 Å². The van der Waals surface area contributed by atoms with E-state index in [1.165, 1.54) is 0 Å². The third-order valence-corrected chi connectivity index (χ3v) is 1.99. The highest BCUT2D eigenvalue weighted by Crippen LogP contribution is 2.16. The molecule has 0 aromatic carbocycles. The first-order chi connectivity index (χ1) is 4.68. The van der Waals surface area contributed by atoms with Crippen molar-refractivity contribution in [2.45, 2.75) is 32.6 Å². The standard InChI is InChI=1S/C7H13BrO2/c1-2-3-4-5-6(8)7(9)10/h9-10H,2-5H2,1H3. The molecule has 2 N–H and O–H groups in total. The van der Waals surface area contributed by atoms with Gasteiger partial charge in [-0.25, -0.2) is 0 Å². The largest absolute Gasteiger partial charge is 0.481 e. The average Bonchev–Trinajstić information content (AvgIpc) is 1.88.